The predicted octanol–water partition coefficient (Wildman–Crippen LogP) is 4.00. The quantitative estimate of drug-likeness (QED) is 0.684. The lowest BCUT2D eigenvalue weighted by molar-refractivity contribution is 0.0996. The lowest BCUT2D eigenvalue weighted by atomic mass is 10.2. The molecule has 0 aliphatic carbocycles. The largest absolute Gasteiger partial charge is 0.293 e. The third-order valence-electron chi connectivity index (χ3n) is 2.83. The first-order valence-corrected chi connectivity index (χ1v) is 7.87. The molecule has 0 amide bonds. The van der Waals surface area contributed by atoms with Gasteiger partial charge in [-0.15, -0.1) is 22.7 Å². The van der Waals surface area contributed by atoms with Crippen molar-refractivity contribution in [1.82, 2.24) is 9.97 Å². The second-order valence-electron chi connectivity index (χ2n) is 4.34. The van der Waals surface area contributed by atoms with Crippen LogP contribution in [0, 0.1) is 6.92 Å². The number of hydrogen-bond donors (Lipinski definition) is 0. The lowest BCUT2D eigenvalue weighted by Crippen LogP contribution is -2.00. The Morgan fingerprint density at radius 1 is 1.25 bits per heavy atom. The van der Waals surface area contributed by atoms with Crippen LogP contribution in [-0.4, -0.2) is 15.8 Å². The summed E-state index contributed by atoms with van der Waals surface area (Å²) in [6, 6.07) is 9.99. The van der Waals surface area contributed by atoms with Crippen LogP contribution in [0.2, 0.25) is 0 Å². The van der Waals surface area contributed by atoms with Gasteiger partial charge in [0.05, 0.1) is 22.0 Å². The minimum Gasteiger partial charge on any atom is -0.293 e. The smallest absolute Gasteiger partial charge is 0.181 e. The normalized spacial score (nSPS) is 10.7. The molecular weight excluding hydrogens is 288 g/mol. The molecule has 100 valence electrons. The topological polar surface area (TPSA) is 42.9 Å². The van der Waals surface area contributed by atoms with Gasteiger partial charge in [-0.3, -0.25) is 4.79 Å². The van der Waals surface area contributed by atoms with Crippen LogP contribution in [0.15, 0.2) is 41.9 Å². The molecule has 3 aromatic rings. The van der Waals surface area contributed by atoms with E-state index >= 15 is 0 Å². The maximum Gasteiger partial charge on any atom is 0.181 e. The van der Waals surface area contributed by atoms with Crippen molar-refractivity contribution in [2.45, 2.75) is 13.3 Å². The monoisotopic (exact) mass is 300 g/mol. The van der Waals surface area contributed by atoms with Crippen molar-refractivity contribution in [1.29, 1.82) is 0 Å². The van der Waals surface area contributed by atoms with Gasteiger partial charge < -0.3 is 0 Å². The summed E-state index contributed by atoms with van der Waals surface area (Å²) < 4.78 is 0. The molecule has 5 heteroatoms. The molecule has 0 saturated carbocycles. The second-order valence-corrected chi connectivity index (χ2v) is 6.51. The summed E-state index contributed by atoms with van der Waals surface area (Å²) in [5.74, 6) is 0.0876. The number of ketones is 1. The van der Waals surface area contributed by atoms with E-state index in [1.165, 1.54) is 22.7 Å². The van der Waals surface area contributed by atoms with Gasteiger partial charge in [-0.2, -0.15) is 0 Å². The molecule has 0 spiro atoms. The van der Waals surface area contributed by atoms with Crippen LogP contribution in [0.3, 0.4) is 0 Å². The van der Waals surface area contributed by atoms with Gasteiger partial charge >= 0.3 is 0 Å². The Morgan fingerprint density at radius 2 is 2.05 bits per heavy atom. The number of thiazole rings is 2. The summed E-state index contributed by atoms with van der Waals surface area (Å²) in [5, 5.41) is 3.76. The zero-order valence-electron chi connectivity index (χ0n) is 10.9. The standard InChI is InChI=1S/C15H12N2OS2/c1-10-16-8-14(20-10)13(18)7-15-17-12(9-19-15)11-5-3-2-4-6-11/h2-6,8-9H,7H2,1H3. The van der Waals surface area contributed by atoms with Crippen molar-refractivity contribution in [3.8, 4) is 11.3 Å². The molecule has 1 aromatic carbocycles. The van der Waals surface area contributed by atoms with Gasteiger partial charge in [0.15, 0.2) is 5.78 Å². The van der Waals surface area contributed by atoms with E-state index in [0.717, 1.165) is 21.3 Å². The van der Waals surface area contributed by atoms with Crippen molar-refractivity contribution in [3.63, 3.8) is 0 Å². The maximum atomic E-state index is 12.1. The summed E-state index contributed by atoms with van der Waals surface area (Å²) in [7, 11) is 0. The molecule has 3 rings (SSSR count). The van der Waals surface area contributed by atoms with Crippen LogP contribution in [0.1, 0.15) is 19.7 Å². The van der Waals surface area contributed by atoms with Gasteiger partial charge in [-0.05, 0) is 6.92 Å². The predicted molar refractivity (Wildman–Crippen MR) is 82.4 cm³/mol. The fourth-order valence-electron chi connectivity index (χ4n) is 1.85. The highest BCUT2D eigenvalue weighted by atomic mass is 32.1. The number of Topliss-reactive ketones (excluding diaryl/α,β-unsaturated/α-hetero) is 1. The van der Waals surface area contributed by atoms with Crippen LogP contribution >= 0.6 is 22.7 Å². The Bertz CT molecular complexity index is 731. The molecular formula is C15H12N2OS2. The van der Waals surface area contributed by atoms with E-state index in [1.54, 1.807) is 6.20 Å². The summed E-state index contributed by atoms with van der Waals surface area (Å²) in [6.07, 6.45) is 1.99. The van der Waals surface area contributed by atoms with E-state index in [0.29, 0.717) is 11.3 Å². The number of aromatic nitrogens is 2. The minimum atomic E-state index is 0.0876. The van der Waals surface area contributed by atoms with E-state index < -0.39 is 0 Å². The van der Waals surface area contributed by atoms with E-state index in [1.807, 2.05) is 42.6 Å². The van der Waals surface area contributed by atoms with Gasteiger partial charge in [-0.25, -0.2) is 9.97 Å². The van der Waals surface area contributed by atoms with Crippen LogP contribution in [0.25, 0.3) is 11.3 Å². The molecule has 0 saturated heterocycles. The van der Waals surface area contributed by atoms with Crippen molar-refractivity contribution < 1.29 is 4.79 Å². The van der Waals surface area contributed by atoms with Crippen molar-refractivity contribution in [3.05, 3.63) is 56.8 Å². The number of nitrogens with zero attached hydrogens (tertiary/aromatic N) is 2. The zero-order chi connectivity index (χ0) is 13.9. The van der Waals surface area contributed by atoms with Crippen molar-refractivity contribution in [2.75, 3.05) is 0 Å². The Morgan fingerprint density at radius 3 is 2.75 bits per heavy atom. The molecule has 0 unspecified atom stereocenters. The highest BCUT2D eigenvalue weighted by molar-refractivity contribution is 7.13. The molecule has 0 aliphatic heterocycles. The molecule has 2 aromatic heterocycles. The zero-order valence-corrected chi connectivity index (χ0v) is 12.5. The van der Waals surface area contributed by atoms with Gasteiger partial charge in [0.1, 0.15) is 5.01 Å². The van der Waals surface area contributed by atoms with E-state index in [2.05, 4.69) is 9.97 Å². The highest BCUT2D eigenvalue weighted by Gasteiger charge is 2.13. The van der Waals surface area contributed by atoms with Crippen molar-refractivity contribution >= 4 is 28.5 Å². The number of aryl methyl sites for hydroxylation is 1. The third kappa shape index (κ3) is 2.84. The molecule has 3 nitrogen and oxygen atoms in total. The van der Waals surface area contributed by atoms with Crippen LogP contribution in [0.4, 0.5) is 0 Å². The molecule has 0 N–H and O–H groups in total. The Kier molecular flexibility index (Phi) is 3.71. The summed E-state index contributed by atoms with van der Waals surface area (Å²) >= 11 is 2.96. The average molecular weight is 300 g/mol. The first kappa shape index (κ1) is 13.1. The summed E-state index contributed by atoms with van der Waals surface area (Å²) in [5.41, 5.74) is 2.01. The lowest BCUT2D eigenvalue weighted by Gasteiger charge is -1.95. The first-order valence-electron chi connectivity index (χ1n) is 6.18. The van der Waals surface area contributed by atoms with Crippen LogP contribution in [0.5, 0.6) is 0 Å². The maximum absolute atomic E-state index is 12.1. The number of carbonyl (C=O) groups excluding carboxylic acids is 1. The van der Waals surface area contributed by atoms with Crippen molar-refractivity contribution in [2.24, 2.45) is 0 Å². The SMILES string of the molecule is Cc1ncc(C(=O)Cc2nc(-c3ccccc3)cs2)s1. The Hall–Kier alpha value is -1.85. The number of rotatable bonds is 4. The molecule has 2 heterocycles. The van der Waals surface area contributed by atoms with E-state index in [4.69, 9.17) is 0 Å². The van der Waals surface area contributed by atoms with Gasteiger partial charge in [0, 0.05) is 17.1 Å². The van der Waals surface area contributed by atoms with E-state index in [-0.39, 0.29) is 5.78 Å². The third-order valence-corrected chi connectivity index (χ3v) is 4.63. The molecule has 0 atom stereocenters. The fourth-order valence-corrected chi connectivity index (χ4v) is 3.37. The van der Waals surface area contributed by atoms with Gasteiger partial charge in [-0.1, -0.05) is 30.3 Å². The highest BCUT2D eigenvalue weighted by Crippen LogP contribution is 2.23. The number of carbonyl (C=O) groups is 1. The second kappa shape index (κ2) is 5.64. The average Bonchev–Trinajstić information content (AvgIpc) is 3.09. The summed E-state index contributed by atoms with van der Waals surface area (Å²) in [4.78, 5) is 21.5. The molecule has 20 heavy (non-hydrogen) atoms. The van der Waals surface area contributed by atoms with Gasteiger partial charge in [0.25, 0.3) is 0 Å². The Labute approximate surface area is 125 Å². The fraction of sp³-hybridized carbons (Fsp3) is 0.133. The first-order chi connectivity index (χ1) is 9.72. The van der Waals surface area contributed by atoms with Crippen LogP contribution in [-0.2, 0) is 6.42 Å². The minimum absolute atomic E-state index is 0.0876. The number of benzene rings is 1. The molecule has 0 bridgehead atoms. The molecule has 0 aliphatic rings. The molecule has 0 fully saturated rings. The Balaban J connectivity index is 1.76. The van der Waals surface area contributed by atoms with Crippen LogP contribution < -0.4 is 0 Å². The molecule has 0 radical (unpaired) electrons. The number of hydrogen-bond acceptors (Lipinski definition) is 5. The van der Waals surface area contributed by atoms with Gasteiger partial charge in [0.2, 0.25) is 0 Å². The summed E-state index contributed by atoms with van der Waals surface area (Å²) in [6.45, 7) is 1.90. The van der Waals surface area contributed by atoms with E-state index in [9.17, 15) is 4.79 Å².